The fraction of sp³-hybridized carbons (Fsp3) is 1.00. The van der Waals surface area contributed by atoms with E-state index in [0.29, 0.717) is 0 Å². The quantitative estimate of drug-likeness (QED) is 0.574. The zero-order chi connectivity index (χ0) is 6.69. The minimum atomic E-state index is 0. The minimum Gasteiger partial charge on any atom is -0.301 e. The molecule has 1 nitrogen and oxygen atoms in total. The van der Waals surface area contributed by atoms with Crippen LogP contribution in [-0.4, -0.2) is 24.0 Å². The molecule has 0 spiro atoms. The van der Waals surface area contributed by atoms with Crippen LogP contribution in [0.1, 0.15) is 40.5 Å². The fourth-order valence-corrected chi connectivity index (χ4v) is 1.77. The van der Waals surface area contributed by atoms with Crippen molar-refractivity contribution < 1.29 is 0 Å². The van der Waals surface area contributed by atoms with Gasteiger partial charge in [-0.1, -0.05) is 21.3 Å². The maximum absolute atomic E-state index is 2.58. The summed E-state index contributed by atoms with van der Waals surface area (Å²) in [5.74, 6) is 0. The van der Waals surface area contributed by atoms with Crippen LogP contribution in [-0.2, 0) is 0 Å². The summed E-state index contributed by atoms with van der Waals surface area (Å²) in [4.78, 5) is 2.58. The Bertz CT molecular complexity index is 70.8. The molecule has 0 bridgehead atoms. The van der Waals surface area contributed by atoms with Gasteiger partial charge in [-0.15, -0.1) is 0 Å². The lowest BCUT2D eigenvalue weighted by atomic mass is 10.2. The molecular weight excluding hydrogens is 122 g/mol. The summed E-state index contributed by atoms with van der Waals surface area (Å²) in [6, 6.07) is 0.912. The van der Waals surface area contributed by atoms with E-state index in [2.05, 4.69) is 18.7 Å². The van der Waals surface area contributed by atoms with Gasteiger partial charge in [0.25, 0.3) is 0 Å². The van der Waals surface area contributed by atoms with Crippen molar-refractivity contribution in [3.05, 3.63) is 0 Å². The molecule has 0 aromatic rings. The highest BCUT2D eigenvalue weighted by Gasteiger charge is 2.20. The van der Waals surface area contributed by atoms with Gasteiger partial charge in [-0.25, -0.2) is 0 Å². The lowest BCUT2D eigenvalue weighted by molar-refractivity contribution is 0.262. The number of hydrogen-bond donors (Lipinski definition) is 0. The van der Waals surface area contributed by atoms with E-state index >= 15 is 0 Å². The van der Waals surface area contributed by atoms with Crippen LogP contribution in [0.4, 0.5) is 0 Å². The average molecular weight is 143 g/mol. The van der Waals surface area contributed by atoms with Crippen molar-refractivity contribution in [3.63, 3.8) is 0 Å². The molecule has 1 fully saturated rings. The van der Waals surface area contributed by atoms with E-state index in [0.717, 1.165) is 6.04 Å². The smallest absolute Gasteiger partial charge is 0.00929 e. The first kappa shape index (κ1) is 9.96. The van der Waals surface area contributed by atoms with Crippen molar-refractivity contribution in [2.45, 2.75) is 46.6 Å². The van der Waals surface area contributed by atoms with Crippen LogP contribution in [0.2, 0.25) is 0 Å². The molecule has 1 heteroatoms. The van der Waals surface area contributed by atoms with Crippen LogP contribution >= 0.6 is 0 Å². The molecule has 1 saturated heterocycles. The molecule has 0 radical (unpaired) electrons. The summed E-state index contributed by atoms with van der Waals surface area (Å²) in [6.07, 6.45) is 4.20. The molecule has 1 aliphatic heterocycles. The summed E-state index contributed by atoms with van der Waals surface area (Å²) < 4.78 is 0. The lowest BCUT2D eigenvalue weighted by Gasteiger charge is -2.20. The summed E-state index contributed by atoms with van der Waals surface area (Å²) in [6.45, 7) is 7.14. The number of likely N-dealkylation sites (tertiary alicyclic amines) is 1. The van der Waals surface area contributed by atoms with Crippen molar-refractivity contribution in [3.8, 4) is 0 Å². The molecule has 0 amide bonds. The highest BCUT2D eigenvalue weighted by Crippen LogP contribution is 2.18. The second kappa shape index (κ2) is 4.73. The third-order valence-electron chi connectivity index (χ3n) is 2.38. The molecule has 1 heterocycles. The molecule has 1 rings (SSSR count). The summed E-state index contributed by atoms with van der Waals surface area (Å²) in [5, 5.41) is 0. The predicted molar refractivity (Wildman–Crippen MR) is 47.3 cm³/mol. The van der Waals surface area contributed by atoms with Gasteiger partial charge in [-0.05, 0) is 32.4 Å². The van der Waals surface area contributed by atoms with E-state index in [-0.39, 0.29) is 7.43 Å². The van der Waals surface area contributed by atoms with E-state index in [9.17, 15) is 0 Å². The van der Waals surface area contributed by atoms with Crippen LogP contribution in [0.3, 0.4) is 0 Å². The standard InChI is InChI=1S/C8H17N.CH4/c1-3-8-6-5-7-9(8)4-2;/h8H,3-7H2,1-2H3;1H4. The third kappa shape index (κ3) is 1.98. The van der Waals surface area contributed by atoms with Gasteiger partial charge in [0.2, 0.25) is 0 Å². The maximum Gasteiger partial charge on any atom is 0.00929 e. The minimum absolute atomic E-state index is 0. The molecule has 0 saturated carbocycles. The van der Waals surface area contributed by atoms with E-state index in [1.54, 1.807) is 0 Å². The van der Waals surface area contributed by atoms with Gasteiger partial charge >= 0.3 is 0 Å². The molecule has 0 aromatic carbocycles. The third-order valence-corrected chi connectivity index (χ3v) is 2.38. The first-order valence-corrected chi connectivity index (χ1v) is 4.12. The van der Waals surface area contributed by atoms with Crippen molar-refractivity contribution in [2.24, 2.45) is 0 Å². The molecular formula is C9H21N. The number of hydrogen-bond acceptors (Lipinski definition) is 1. The van der Waals surface area contributed by atoms with Crippen LogP contribution in [0, 0.1) is 0 Å². The Balaban J connectivity index is 0.000000810. The van der Waals surface area contributed by atoms with Gasteiger partial charge in [-0.3, -0.25) is 0 Å². The Kier molecular flexibility index (Phi) is 4.71. The van der Waals surface area contributed by atoms with E-state index in [4.69, 9.17) is 0 Å². The normalized spacial score (nSPS) is 26.4. The van der Waals surface area contributed by atoms with Crippen LogP contribution < -0.4 is 0 Å². The monoisotopic (exact) mass is 143 g/mol. The van der Waals surface area contributed by atoms with Crippen LogP contribution in [0.15, 0.2) is 0 Å². The van der Waals surface area contributed by atoms with Gasteiger partial charge in [0.05, 0.1) is 0 Å². The van der Waals surface area contributed by atoms with E-state index in [1.807, 2.05) is 0 Å². The zero-order valence-electron chi connectivity index (χ0n) is 6.56. The first-order valence-electron chi connectivity index (χ1n) is 4.12. The van der Waals surface area contributed by atoms with Crippen molar-refractivity contribution >= 4 is 0 Å². The summed E-state index contributed by atoms with van der Waals surface area (Å²) in [7, 11) is 0. The SMILES string of the molecule is C.CCC1CCCN1CC. The lowest BCUT2D eigenvalue weighted by Crippen LogP contribution is -2.28. The van der Waals surface area contributed by atoms with Crippen molar-refractivity contribution in [1.29, 1.82) is 0 Å². The highest BCUT2D eigenvalue weighted by atomic mass is 15.2. The van der Waals surface area contributed by atoms with Gasteiger partial charge in [-0.2, -0.15) is 0 Å². The molecule has 0 N–H and O–H groups in total. The molecule has 10 heavy (non-hydrogen) atoms. The predicted octanol–water partition coefficient (Wildman–Crippen LogP) is 2.52. The Morgan fingerprint density at radius 1 is 1.40 bits per heavy atom. The number of rotatable bonds is 2. The summed E-state index contributed by atoms with van der Waals surface area (Å²) >= 11 is 0. The van der Waals surface area contributed by atoms with Gasteiger partial charge in [0, 0.05) is 6.04 Å². The van der Waals surface area contributed by atoms with Crippen LogP contribution in [0.5, 0.6) is 0 Å². The first-order chi connectivity index (χ1) is 4.38. The Hall–Kier alpha value is -0.0400. The maximum atomic E-state index is 2.58. The molecule has 62 valence electrons. The highest BCUT2D eigenvalue weighted by molar-refractivity contribution is 4.76. The van der Waals surface area contributed by atoms with Crippen LogP contribution in [0.25, 0.3) is 0 Å². The number of nitrogens with zero attached hydrogens (tertiary/aromatic N) is 1. The second-order valence-electron chi connectivity index (χ2n) is 2.83. The fourth-order valence-electron chi connectivity index (χ4n) is 1.77. The van der Waals surface area contributed by atoms with Gasteiger partial charge in [0.1, 0.15) is 0 Å². The average Bonchev–Trinajstić information content (AvgIpc) is 2.33. The van der Waals surface area contributed by atoms with Gasteiger partial charge in [0.15, 0.2) is 0 Å². The summed E-state index contributed by atoms with van der Waals surface area (Å²) in [5.41, 5.74) is 0. The zero-order valence-corrected chi connectivity index (χ0v) is 6.56. The molecule has 1 unspecified atom stereocenters. The Morgan fingerprint density at radius 3 is 2.50 bits per heavy atom. The van der Waals surface area contributed by atoms with E-state index in [1.165, 1.54) is 32.4 Å². The molecule has 1 atom stereocenters. The molecule has 1 aliphatic rings. The second-order valence-corrected chi connectivity index (χ2v) is 2.83. The molecule has 0 aliphatic carbocycles. The topological polar surface area (TPSA) is 3.24 Å². The van der Waals surface area contributed by atoms with E-state index < -0.39 is 0 Å². The van der Waals surface area contributed by atoms with Crippen molar-refractivity contribution in [2.75, 3.05) is 13.1 Å². The van der Waals surface area contributed by atoms with Crippen molar-refractivity contribution in [1.82, 2.24) is 4.90 Å². The van der Waals surface area contributed by atoms with Gasteiger partial charge < -0.3 is 4.90 Å². The Morgan fingerprint density at radius 2 is 2.10 bits per heavy atom. The largest absolute Gasteiger partial charge is 0.301 e. The Labute approximate surface area is 65.4 Å². The molecule has 0 aromatic heterocycles.